The standard InChI is InChI=1S/C12H15N3O2/c1-9-4-10(6-13-5-9)8-15-3-2-11(16)14-7-12(15)17/h4-6H,2-3,7-8H2,1H3,(H,14,16). The van der Waals surface area contributed by atoms with E-state index in [2.05, 4.69) is 10.3 Å². The second kappa shape index (κ2) is 4.95. The van der Waals surface area contributed by atoms with Crippen LogP contribution in [0.25, 0.3) is 0 Å². The lowest BCUT2D eigenvalue weighted by atomic mass is 10.2. The number of nitrogens with one attached hydrogen (secondary N) is 1. The number of carbonyl (C=O) groups excluding carboxylic acids is 2. The number of amides is 2. The fourth-order valence-corrected chi connectivity index (χ4v) is 1.83. The molecule has 1 aliphatic heterocycles. The highest BCUT2D eigenvalue weighted by Crippen LogP contribution is 2.08. The van der Waals surface area contributed by atoms with Gasteiger partial charge in [-0.25, -0.2) is 0 Å². The molecule has 90 valence electrons. The van der Waals surface area contributed by atoms with Gasteiger partial charge in [0.25, 0.3) is 0 Å². The van der Waals surface area contributed by atoms with E-state index in [4.69, 9.17) is 0 Å². The van der Waals surface area contributed by atoms with Crippen molar-refractivity contribution in [1.29, 1.82) is 0 Å². The molecule has 2 heterocycles. The van der Waals surface area contributed by atoms with E-state index in [1.807, 2.05) is 13.0 Å². The summed E-state index contributed by atoms with van der Waals surface area (Å²) in [6, 6.07) is 2.00. The van der Waals surface area contributed by atoms with Crippen LogP contribution in [-0.4, -0.2) is 34.8 Å². The van der Waals surface area contributed by atoms with Crippen LogP contribution in [0.3, 0.4) is 0 Å². The van der Waals surface area contributed by atoms with Crippen molar-refractivity contribution in [2.24, 2.45) is 0 Å². The zero-order valence-electron chi connectivity index (χ0n) is 9.77. The van der Waals surface area contributed by atoms with Gasteiger partial charge in [0.1, 0.15) is 0 Å². The molecule has 1 saturated heterocycles. The Kier molecular flexibility index (Phi) is 3.37. The molecule has 0 atom stereocenters. The molecule has 0 spiro atoms. The average molecular weight is 233 g/mol. The van der Waals surface area contributed by atoms with E-state index >= 15 is 0 Å². The average Bonchev–Trinajstić information content (AvgIpc) is 2.45. The number of hydrogen-bond donors (Lipinski definition) is 1. The van der Waals surface area contributed by atoms with Crippen molar-refractivity contribution in [3.63, 3.8) is 0 Å². The summed E-state index contributed by atoms with van der Waals surface area (Å²) in [5.41, 5.74) is 2.06. The molecule has 1 N–H and O–H groups in total. The molecule has 0 aromatic carbocycles. The predicted octanol–water partition coefficient (Wildman–Crippen LogP) is 0.239. The number of pyridine rings is 1. The summed E-state index contributed by atoms with van der Waals surface area (Å²) in [5, 5.41) is 2.58. The third-order valence-electron chi connectivity index (χ3n) is 2.70. The molecular weight excluding hydrogens is 218 g/mol. The molecule has 0 bridgehead atoms. The molecule has 1 fully saturated rings. The summed E-state index contributed by atoms with van der Waals surface area (Å²) in [7, 11) is 0. The number of rotatable bonds is 2. The Balaban J connectivity index is 2.07. The lowest BCUT2D eigenvalue weighted by Crippen LogP contribution is -2.34. The summed E-state index contributed by atoms with van der Waals surface area (Å²) >= 11 is 0. The third kappa shape index (κ3) is 3.03. The summed E-state index contributed by atoms with van der Waals surface area (Å²) in [6.45, 7) is 3.05. The number of hydrogen-bond acceptors (Lipinski definition) is 3. The quantitative estimate of drug-likeness (QED) is 0.796. The third-order valence-corrected chi connectivity index (χ3v) is 2.70. The topological polar surface area (TPSA) is 62.3 Å². The Morgan fingerprint density at radius 1 is 1.41 bits per heavy atom. The molecule has 0 saturated carbocycles. The molecule has 5 nitrogen and oxygen atoms in total. The van der Waals surface area contributed by atoms with Crippen molar-refractivity contribution >= 4 is 11.8 Å². The van der Waals surface area contributed by atoms with Gasteiger partial charge in [-0.1, -0.05) is 6.07 Å². The van der Waals surface area contributed by atoms with Crippen LogP contribution >= 0.6 is 0 Å². The normalized spacial score (nSPS) is 16.6. The van der Waals surface area contributed by atoms with Crippen molar-refractivity contribution in [3.8, 4) is 0 Å². The van der Waals surface area contributed by atoms with Crippen molar-refractivity contribution < 1.29 is 9.59 Å². The maximum Gasteiger partial charge on any atom is 0.242 e. The fourth-order valence-electron chi connectivity index (χ4n) is 1.83. The molecule has 5 heteroatoms. The molecular formula is C12H15N3O2. The minimum Gasteiger partial charge on any atom is -0.347 e. The first-order valence-corrected chi connectivity index (χ1v) is 5.60. The van der Waals surface area contributed by atoms with Crippen LogP contribution in [-0.2, 0) is 16.1 Å². The smallest absolute Gasteiger partial charge is 0.242 e. The first kappa shape index (κ1) is 11.6. The van der Waals surface area contributed by atoms with E-state index in [-0.39, 0.29) is 18.4 Å². The highest BCUT2D eigenvalue weighted by atomic mass is 16.2. The summed E-state index contributed by atoms with van der Waals surface area (Å²) in [5.74, 6) is -0.111. The Morgan fingerprint density at radius 3 is 3.00 bits per heavy atom. The maximum absolute atomic E-state index is 11.7. The molecule has 0 aliphatic carbocycles. The first-order valence-electron chi connectivity index (χ1n) is 5.60. The molecule has 17 heavy (non-hydrogen) atoms. The van der Waals surface area contributed by atoms with E-state index in [0.29, 0.717) is 19.5 Å². The fraction of sp³-hybridized carbons (Fsp3) is 0.417. The van der Waals surface area contributed by atoms with E-state index in [9.17, 15) is 9.59 Å². The van der Waals surface area contributed by atoms with Crippen LogP contribution in [0.5, 0.6) is 0 Å². The van der Waals surface area contributed by atoms with Gasteiger partial charge in [-0.3, -0.25) is 14.6 Å². The van der Waals surface area contributed by atoms with Crippen molar-refractivity contribution in [1.82, 2.24) is 15.2 Å². The predicted molar refractivity (Wildman–Crippen MR) is 62.0 cm³/mol. The van der Waals surface area contributed by atoms with Gasteiger partial charge in [0.2, 0.25) is 11.8 Å². The van der Waals surface area contributed by atoms with Crippen LogP contribution in [0.1, 0.15) is 17.5 Å². The molecule has 1 aromatic heterocycles. The largest absolute Gasteiger partial charge is 0.347 e. The minimum atomic E-state index is -0.0665. The lowest BCUT2D eigenvalue weighted by Gasteiger charge is -2.19. The molecule has 0 radical (unpaired) electrons. The highest BCUT2D eigenvalue weighted by Gasteiger charge is 2.19. The monoisotopic (exact) mass is 233 g/mol. The lowest BCUT2D eigenvalue weighted by molar-refractivity contribution is -0.130. The Bertz CT molecular complexity index is 445. The molecule has 2 amide bonds. The van der Waals surface area contributed by atoms with E-state index < -0.39 is 0 Å². The number of carbonyl (C=O) groups is 2. The van der Waals surface area contributed by atoms with Crippen LogP contribution < -0.4 is 5.32 Å². The Labute approximate surface area is 99.8 Å². The van der Waals surface area contributed by atoms with Gasteiger partial charge >= 0.3 is 0 Å². The van der Waals surface area contributed by atoms with Crippen LogP contribution in [0, 0.1) is 6.92 Å². The van der Waals surface area contributed by atoms with Gasteiger partial charge < -0.3 is 10.2 Å². The second-order valence-electron chi connectivity index (χ2n) is 4.21. The first-order chi connectivity index (χ1) is 8.15. The minimum absolute atomic E-state index is 0.0441. The highest BCUT2D eigenvalue weighted by molar-refractivity contribution is 5.87. The molecule has 0 unspecified atom stereocenters. The van der Waals surface area contributed by atoms with Gasteiger partial charge in [0.15, 0.2) is 0 Å². The van der Waals surface area contributed by atoms with Crippen LogP contribution in [0.4, 0.5) is 0 Å². The summed E-state index contributed by atoms with van der Waals surface area (Å²) < 4.78 is 0. The van der Waals surface area contributed by atoms with E-state index in [1.165, 1.54) is 0 Å². The maximum atomic E-state index is 11.7. The van der Waals surface area contributed by atoms with Gasteiger partial charge in [-0.2, -0.15) is 0 Å². The number of aromatic nitrogens is 1. The van der Waals surface area contributed by atoms with Crippen LogP contribution in [0.15, 0.2) is 18.5 Å². The van der Waals surface area contributed by atoms with Gasteiger partial charge in [0.05, 0.1) is 6.54 Å². The molecule has 2 rings (SSSR count). The van der Waals surface area contributed by atoms with Crippen molar-refractivity contribution in [2.75, 3.05) is 13.1 Å². The second-order valence-corrected chi connectivity index (χ2v) is 4.21. The zero-order valence-corrected chi connectivity index (χ0v) is 9.77. The molecule has 1 aliphatic rings. The molecule has 1 aromatic rings. The summed E-state index contributed by atoms with van der Waals surface area (Å²) in [6.07, 6.45) is 3.89. The SMILES string of the molecule is Cc1cncc(CN2CCC(=O)NCC2=O)c1. The van der Waals surface area contributed by atoms with Crippen LogP contribution in [0.2, 0.25) is 0 Å². The van der Waals surface area contributed by atoms with Gasteiger partial charge in [-0.15, -0.1) is 0 Å². The van der Waals surface area contributed by atoms with E-state index in [0.717, 1.165) is 11.1 Å². The van der Waals surface area contributed by atoms with Gasteiger partial charge in [-0.05, 0) is 18.1 Å². The summed E-state index contributed by atoms with van der Waals surface area (Å²) in [4.78, 5) is 28.7. The number of aryl methyl sites for hydroxylation is 1. The van der Waals surface area contributed by atoms with Crippen molar-refractivity contribution in [2.45, 2.75) is 19.9 Å². The van der Waals surface area contributed by atoms with Crippen molar-refractivity contribution in [3.05, 3.63) is 29.6 Å². The Hall–Kier alpha value is -1.91. The zero-order chi connectivity index (χ0) is 12.3. The van der Waals surface area contributed by atoms with E-state index in [1.54, 1.807) is 17.3 Å². The van der Waals surface area contributed by atoms with Gasteiger partial charge in [0, 0.05) is 31.9 Å². The Morgan fingerprint density at radius 2 is 2.24 bits per heavy atom. The number of nitrogens with zero attached hydrogens (tertiary/aromatic N) is 2.